The van der Waals surface area contributed by atoms with Crippen molar-refractivity contribution in [1.29, 1.82) is 0 Å². The summed E-state index contributed by atoms with van der Waals surface area (Å²) in [6.45, 7) is 7.67. The molecule has 2 rings (SSSR count). The zero-order valence-corrected chi connectivity index (χ0v) is 14.7. The summed E-state index contributed by atoms with van der Waals surface area (Å²) in [4.78, 5) is 4.39. The number of benzene rings is 1. The first-order valence-corrected chi connectivity index (χ1v) is 6.76. The molecule has 0 aromatic heterocycles. The molecule has 112 valence electrons. The summed E-state index contributed by atoms with van der Waals surface area (Å²) in [5.41, 5.74) is 9.18. The van der Waals surface area contributed by atoms with E-state index in [0.717, 1.165) is 25.1 Å². The van der Waals surface area contributed by atoms with Crippen molar-refractivity contribution in [2.75, 3.05) is 18.5 Å². The number of hydrogen-bond donors (Lipinski definition) is 2. The topological polar surface area (TPSA) is 59.6 Å². The first kappa shape index (κ1) is 17.2. The number of nitrogens with one attached hydrogen (secondary N) is 1. The second-order valence-corrected chi connectivity index (χ2v) is 5.60. The second kappa shape index (κ2) is 7.26. The molecule has 1 atom stereocenters. The van der Waals surface area contributed by atoms with Gasteiger partial charge in [0.05, 0.1) is 12.1 Å². The van der Waals surface area contributed by atoms with Gasteiger partial charge in [0.2, 0.25) is 0 Å². The molecule has 5 heteroatoms. The zero-order valence-electron chi connectivity index (χ0n) is 12.4. The fourth-order valence-corrected chi connectivity index (χ4v) is 2.45. The molecule has 0 spiro atoms. The van der Waals surface area contributed by atoms with Crippen LogP contribution in [-0.2, 0) is 4.74 Å². The van der Waals surface area contributed by atoms with Gasteiger partial charge in [0, 0.05) is 12.3 Å². The van der Waals surface area contributed by atoms with Crippen LogP contribution in [0.1, 0.15) is 30.9 Å². The fourth-order valence-electron chi connectivity index (χ4n) is 2.45. The second-order valence-electron chi connectivity index (χ2n) is 5.60. The normalized spacial score (nSPS) is 22.4. The van der Waals surface area contributed by atoms with Gasteiger partial charge in [-0.1, -0.05) is 6.07 Å². The van der Waals surface area contributed by atoms with Crippen LogP contribution in [0.3, 0.4) is 0 Å². The Kier molecular flexibility index (Phi) is 6.26. The van der Waals surface area contributed by atoms with Crippen molar-refractivity contribution >= 4 is 35.6 Å². The Morgan fingerprint density at radius 3 is 2.55 bits per heavy atom. The van der Waals surface area contributed by atoms with E-state index in [2.05, 4.69) is 49.3 Å². The van der Waals surface area contributed by atoms with Crippen LogP contribution in [0.4, 0.5) is 5.69 Å². The molecule has 4 nitrogen and oxygen atoms in total. The average Bonchev–Trinajstić information content (AvgIpc) is 2.73. The number of ether oxygens (including phenoxy) is 1. The predicted octanol–water partition coefficient (Wildman–Crippen LogP) is 3.22. The number of guanidine groups is 1. The number of hydrogen-bond acceptors (Lipinski definition) is 2. The summed E-state index contributed by atoms with van der Waals surface area (Å²) < 4.78 is 5.69. The van der Waals surface area contributed by atoms with Crippen molar-refractivity contribution < 1.29 is 4.74 Å². The Labute approximate surface area is 138 Å². The molecule has 1 aliphatic rings. The summed E-state index contributed by atoms with van der Waals surface area (Å²) in [5.74, 6) is 0.446. The van der Waals surface area contributed by atoms with Gasteiger partial charge in [0.25, 0.3) is 0 Å². The van der Waals surface area contributed by atoms with Crippen molar-refractivity contribution in [3.05, 3.63) is 29.3 Å². The SMILES string of the molecule is Cc1cc(C)cc(NC(N)=NCC2(C)CCCO2)c1.I. The maximum absolute atomic E-state index is 5.93. The average molecular weight is 389 g/mol. The lowest BCUT2D eigenvalue weighted by atomic mass is 10.0. The molecule has 1 heterocycles. The molecule has 1 aromatic carbocycles. The van der Waals surface area contributed by atoms with Gasteiger partial charge in [-0.05, 0) is 56.9 Å². The Balaban J connectivity index is 0.00000200. The van der Waals surface area contributed by atoms with Gasteiger partial charge in [-0.3, -0.25) is 4.99 Å². The van der Waals surface area contributed by atoms with Gasteiger partial charge >= 0.3 is 0 Å². The first-order chi connectivity index (χ1) is 8.97. The van der Waals surface area contributed by atoms with Crippen LogP contribution in [0.2, 0.25) is 0 Å². The van der Waals surface area contributed by atoms with Gasteiger partial charge in [0.15, 0.2) is 5.96 Å². The number of nitrogens with zero attached hydrogens (tertiary/aromatic N) is 1. The highest BCUT2D eigenvalue weighted by molar-refractivity contribution is 14.0. The summed E-state index contributed by atoms with van der Waals surface area (Å²) in [6.07, 6.45) is 2.16. The van der Waals surface area contributed by atoms with Gasteiger partial charge < -0.3 is 15.8 Å². The van der Waals surface area contributed by atoms with Crippen LogP contribution in [0.15, 0.2) is 23.2 Å². The number of aryl methyl sites for hydroxylation is 2. The third kappa shape index (κ3) is 4.94. The number of nitrogens with two attached hydrogens (primary N) is 1. The molecule has 0 amide bonds. The first-order valence-electron chi connectivity index (χ1n) is 6.76. The smallest absolute Gasteiger partial charge is 0.193 e. The van der Waals surface area contributed by atoms with Crippen LogP contribution in [0, 0.1) is 13.8 Å². The molecule has 0 aliphatic carbocycles. The van der Waals surface area contributed by atoms with E-state index in [4.69, 9.17) is 10.5 Å². The molecule has 1 aliphatic heterocycles. The van der Waals surface area contributed by atoms with E-state index in [1.165, 1.54) is 11.1 Å². The molecular weight excluding hydrogens is 365 g/mol. The van der Waals surface area contributed by atoms with E-state index >= 15 is 0 Å². The summed E-state index contributed by atoms with van der Waals surface area (Å²) in [5, 5.41) is 3.14. The highest BCUT2D eigenvalue weighted by atomic mass is 127. The van der Waals surface area contributed by atoms with E-state index < -0.39 is 0 Å². The van der Waals surface area contributed by atoms with Crippen molar-refractivity contribution in [2.45, 2.75) is 39.2 Å². The van der Waals surface area contributed by atoms with Crippen LogP contribution in [-0.4, -0.2) is 24.7 Å². The summed E-state index contributed by atoms with van der Waals surface area (Å²) >= 11 is 0. The van der Waals surface area contributed by atoms with Crippen molar-refractivity contribution in [2.24, 2.45) is 10.7 Å². The summed E-state index contributed by atoms with van der Waals surface area (Å²) in [7, 11) is 0. The minimum absolute atomic E-state index is 0. The van der Waals surface area contributed by atoms with Gasteiger partial charge in [-0.15, -0.1) is 24.0 Å². The number of anilines is 1. The Bertz CT molecular complexity index is 462. The molecule has 1 fully saturated rings. The molecule has 0 radical (unpaired) electrons. The molecule has 0 saturated carbocycles. The minimum Gasteiger partial charge on any atom is -0.373 e. The van der Waals surface area contributed by atoms with Crippen molar-refractivity contribution in [3.8, 4) is 0 Å². The van der Waals surface area contributed by atoms with E-state index in [1.54, 1.807) is 0 Å². The third-order valence-electron chi connectivity index (χ3n) is 3.38. The largest absolute Gasteiger partial charge is 0.373 e. The molecule has 0 bridgehead atoms. The van der Waals surface area contributed by atoms with Crippen molar-refractivity contribution in [1.82, 2.24) is 0 Å². The molecular formula is C15H24IN3O. The summed E-state index contributed by atoms with van der Waals surface area (Å²) in [6, 6.07) is 6.25. The van der Waals surface area contributed by atoms with E-state index in [1.807, 2.05) is 0 Å². The Hall–Kier alpha value is -0.820. The van der Waals surface area contributed by atoms with Crippen LogP contribution in [0.5, 0.6) is 0 Å². The number of rotatable bonds is 3. The maximum atomic E-state index is 5.93. The molecule has 1 saturated heterocycles. The van der Waals surface area contributed by atoms with E-state index in [9.17, 15) is 0 Å². The van der Waals surface area contributed by atoms with Crippen LogP contribution < -0.4 is 11.1 Å². The van der Waals surface area contributed by atoms with Crippen molar-refractivity contribution in [3.63, 3.8) is 0 Å². The van der Waals surface area contributed by atoms with Gasteiger partial charge in [-0.25, -0.2) is 0 Å². The quantitative estimate of drug-likeness (QED) is 0.474. The van der Waals surface area contributed by atoms with E-state index in [0.29, 0.717) is 12.5 Å². The lowest BCUT2D eigenvalue weighted by Crippen LogP contribution is -2.30. The molecule has 20 heavy (non-hydrogen) atoms. The number of aliphatic imine (C=N–C) groups is 1. The maximum Gasteiger partial charge on any atom is 0.193 e. The zero-order chi connectivity index (χ0) is 13.9. The molecule has 3 N–H and O–H groups in total. The van der Waals surface area contributed by atoms with Gasteiger partial charge in [-0.2, -0.15) is 0 Å². The minimum atomic E-state index is -0.144. The van der Waals surface area contributed by atoms with E-state index in [-0.39, 0.29) is 29.6 Å². The lowest BCUT2D eigenvalue weighted by Gasteiger charge is -2.20. The molecule has 1 aromatic rings. The van der Waals surface area contributed by atoms with Gasteiger partial charge in [0.1, 0.15) is 0 Å². The predicted molar refractivity (Wildman–Crippen MR) is 95.0 cm³/mol. The third-order valence-corrected chi connectivity index (χ3v) is 3.38. The Morgan fingerprint density at radius 1 is 1.35 bits per heavy atom. The fraction of sp³-hybridized carbons (Fsp3) is 0.533. The monoisotopic (exact) mass is 389 g/mol. The molecule has 1 unspecified atom stereocenters. The highest BCUT2D eigenvalue weighted by Crippen LogP contribution is 2.25. The highest BCUT2D eigenvalue weighted by Gasteiger charge is 2.29. The standard InChI is InChI=1S/C15H23N3O.HI/c1-11-7-12(2)9-13(8-11)18-14(16)17-10-15(3)5-4-6-19-15;/h7-9H,4-6,10H2,1-3H3,(H3,16,17,18);1H. The Morgan fingerprint density at radius 2 is 2.00 bits per heavy atom. The van der Waals surface area contributed by atoms with Crippen LogP contribution in [0.25, 0.3) is 0 Å². The van der Waals surface area contributed by atoms with Crippen LogP contribution >= 0.6 is 24.0 Å². The number of halogens is 1. The lowest BCUT2D eigenvalue weighted by molar-refractivity contribution is 0.0284.